The molecule has 0 saturated heterocycles. The second kappa shape index (κ2) is 10.2. The average Bonchev–Trinajstić information content (AvgIpc) is 3.44. The summed E-state index contributed by atoms with van der Waals surface area (Å²) in [5.41, 5.74) is -1.03. The number of amides is 1. The Morgan fingerprint density at radius 1 is 1.28 bits per heavy atom. The minimum absolute atomic E-state index is 0.227. The zero-order valence-electron chi connectivity index (χ0n) is 18.1. The van der Waals surface area contributed by atoms with E-state index in [9.17, 15) is 22.5 Å². The van der Waals surface area contributed by atoms with E-state index in [-0.39, 0.29) is 11.7 Å². The number of rotatable bonds is 9. The van der Waals surface area contributed by atoms with Crippen molar-refractivity contribution in [3.63, 3.8) is 0 Å². The molecular weight excluding hydrogens is 444 g/mol. The van der Waals surface area contributed by atoms with Crippen LogP contribution >= 0.6 is 7.37 Å². The highest BCUT2D eigenvalue weighted by molar-refractivity contribution is 7.66. The minimum atomic E-state index is -4.58. The van der Waals surface area contributed by atoms with Gasteiger partial charge >= 0.3 is 6.18 Å². The van der Waals surface area contributed by atoms with E-state index >= 15 is 0 Å². The lowest BCUT2D eigenvalue weighted by Crippen LogP contribution is -2.27. The Morgan fingerprint density at radius 3 is 2.53 bits per heavy atom. The Morgan fingerprint density at radius 2 is 2.00 bits per heavy atom. The first-order chi connectivity index (χ1) is 15.2. The molecule has 2 heterocycles. The number of nitrogens with one attached hydrogen (secondary N) is 1. The van der Waals surface area contributed by atoms with Crippen molar-refractivity contribution < 1.29 is 27.1 Å². The maximum atomic E-state index is 13.0. The van der Waals surface area contributed by atoms with Crippen LogP contribution in [0.1, 0.15) is 57.7 Å². The maximum absolute atomic E-state index is 13.0. The Kier molecular flexibility index (Phi) is 7.77. The smallest absolute Gasteiger partial charge is 0.326 e. The van der Waals surface area contributed by atoms with E-state index < -0.39 is 31.2 Å². The summed E-state index contributed by atoms with van der Waals surface area (Å²) in [7, 11) is -3.00. The molecule has 1 amide bonds. The van der Waals surface area contributed by atoms with Crippen molar-refractivity contribution in [3.8, 4) is 0 Å². The molecule has 176 valence electrons. The highest BCUT2D eigenvalue weighted by atomic mass is 31.2. The second-order valence-corrected chi connectivity index (χ2v) is 10.7. The van der Waals surface area contributed by atoms with Crippen LogP contribution in [0, 0.1) is 5.92 Å². The number of halogens is 3. The van der Waals surface area contributed by atoms with Crippen LogP contribution < -0.4 is 10.6 Å². The van der Waals surface area contributed by atoms with E-state index in [4.69, 9.17) is 4.52 Å². The van der Waals surface area contributed by atoms with Gasteiger partial charge in [0.2, 0.25) is 13.3 Å². The van der Waals surface area contributed by atoms with Gasteiger partial charge in [-0.25, -0.2) is 9.97 Å². The molecule has 0 bridgehead atoms. The zero-order chi connectivity index (χ0) is 23.4. The predicted molar refractivity (Wildman–Crippen MR) is 115 cm³/mol. The molecule has 1 aliphatic carbocycles. The van der Waals surface area contributed by atoms with Gasteiger partial charge in [0.15, 0.2) is 5.69 Å². The quantitative estimate of drug-likeness (QED) is 0.518. The SMILES string of the molecule is CCO[P@@](=O)(CC)c1ccc(NC(=O)[C@H](CC2CCCC2)n2cnc(C(F)(F)F)c2)nc1. The Bertz CT molecular complexity index is 956. The van der Waals surface area contributed by atoms with Gasteiger partial charge in [0.05, 0.1) is 18.2 Å². The van der Waals surface area contributed by atoms with Gasteiger partial charge in [-0.15, -0.1) is 0 Å². The molecule has 2 aromatic rings. The molecule has 0 aliphatic heterocycles. The molecule has 0 unspecified atom stereocenters. The van der Waals surface area contributed by atoms with Crippen molar-refractivity contribution in [3.05, 3.63) is 36.5 Å². The number of aromatic nitrogens is 3. The van der Waals surface area contributed by atoms with Gasteiger partial charge in [0, 0.05) is 18.6 Å². The third kappa shape index (κ3) is 5.78. The fourth-order valence-electron chi connectivity index (χ4n) is 4.01. The Hall–Kier alpha value is -2.19. The van der Waals surface area contributed by atoms with Crippen LogP contribution in [-0.4, -0.2) is 33.2 Å². The molecule has 0 spiro atoms. The van der Waals surface area contributed by atoms with Crippen molar-refractivity contribution in [1.29, 1.82) is 0 Å². The Balaban J connectivity index is 1.79. The van der Waals surface area contributed by atoms with Gasteiger partial charge in [-0.05, 0) is 31.4 Å². The van der Waals surface area contributed by atoms with Crippen LogP contribution in [0.4, 0.5) is 19.0 Å². The Labute approximate surface area is 185 Å². The van der Waals surface area contributed by atoms with Crippen LogP contribution in [0.15, 0.2) is 30.9 Å². The molecule has 1 aliphatic rings. The van der Waals surface area contributed by atoms with E-state index in [1.54, 1.807) is 19.9 Å². The van der Waals surface area contributed by atoms with Gasteiger partial charge in [-0.3, -0.25) is 9.36 Å². The summed E-state index contributed by atoms with van der Waals surface area (Å²) < 4.78 is 58.5. The molecular formula is C21H28F3N4O3P. The number of hydrogen-bond acceptors (Lipinski definition) is 5. The van der Waals surface area contributed by atoms with Crippen molar-refractivity contribution in [2.24, 2.45) is 5.92 Å². The first kappa shape index (κ1) is 24.5. The monoisotopic (exact) mass is 472 g/mol. The number of hydrogen-bond donors (Lipinski definition) is 1. The number of pyridine rings is 1. The summed E-state index contributed by atoms with van der Waals surface area (Å²) in [6.07, 6.45) is 3.49. The normalized spacial score (nSPS) is 17.8. The number of carbonyl (C=O) groups is 1. The number of carbonyl (C=O) groups excluding carboxylic acids is 1. The third-order valence-corrected chi connectivity index (χ3v) is 8.29. The van der Waals surface area contributed by atoms with E-state index in [2.05, 4.69) is 15.3 Å². The van der Waals surface area contributed by atoms with E-state index in [0.29, 0.717) is 24.5 Å². The van der Waals surface area contributed by atoms with Gasteiger partial charge < -0.3 is 14.4 Å². The number of anilines is 1. The molecule has 7 nitrogen and oxygen atoms in total. The van der Waals surface area contributed by atoms with Crippen LogP contribution in [0.3, 0.4) is 0 Å². The molecule has 1 fully saturated rings. The highest BCUT2D eigenvalue weighted by Crippen LogP contribution is 2.44. The average molecular weight is 472 g/mol. The third-order valence-electron chi connectivity index (χ3n) is 5.73. The molecule has 11 heteroatoms. The fourth-order valence-corrected chi connectivity index (χ4v) is 5.66. The molecule has 3 rings (SSSR count). The topological polar surface area (TPSA) is 86.1 Å². The van der Waals surface area contributed by atoms with Crippen LogP contribution in [0.5, 0.6) is 0 Å². The van der Waals surface area contributed by atoms with E-state index in [1.165, 1.54) is 16.8 Å². The molecule has 0 aromatic carbocycles. The molecule has 2 atom stereocenters. The maximum Gasteiger partial charge on any atom is 0.434 e. The first-order valence-electron chi connectivity index (χ1n) is 10.8. The summed E-state index contributed by atoms with van der Waals surface area (Å²) in [5.74, 6) is 0.0247. The lowest BCUT2D eigenvalue weighted by molar-refractivity contribution is -0.141. The standard InChI is InChI=1S/C21H28F3N4O3P/c1-3-31-32(30,4-2)16-9-10-19(25-12-16)27-20(29)17(11-15-7-5-6-8-15)28-13-18(26-14-28)21(22,23)24/h9-10,12-15,17H,3-8,11H2,1-2H3,(H,25,27,29)/t17-,32-/m0/s1. The van der Waals surface area contributed by atoms with Crippen molar-refractivity contribution >= 4 is 24.4 Å². The highest BCUT2D eigenvalue weighted by Gasteiger charge is 2.35. The molecule has 1 N–H and O–H groups in total. The molecule has 32 heavy (non-hydrogen) atoms. The second-order valence-electron chi connectivity index (χ2n) is 7.90. The van der Waals surface area contributed by atoms with E-state index in [1.807, 2.05) is 0 Å². The molecule has 0 radical (unpaired) electrons. The predicted octanol–water partition coefficient (Wildman–Crippen LogP) is 5.02. The van der Waals surface area contributed by atoms with Crippen LogP contribution in [-0.2, 0) is 20.1 Å². The minimum Gasteiger partial charge on any atom is -0.326 e. The van der Waals surface area contributed by atoms with Crippen molar-refractivity contribution in [2.75, 3.05) is 18.1 Å². The lowest BCUT2D eigenvalue weighted by atomic mass is 9.97. The van der Waals surface area contributed by atoms with Crippen molar-refractivity contribution in [1.82, 2.24) is 14.5 Å². The van der Waals surface area contributed by atoms with Gasteiger partial charge in [0.1, 0.15) is 11.9 Å². The summed E-state index contributed by atoms with van der Waals surface area (Å²) in [4.78, 5) is 20.7. The van der Waals surface area contributed by atoms with Crippen LogP contribution in [0.25, 0.3) is 0 Å². The lowest BCUT2D eigenvalue weighted by Gasteiger charge is -2.21. The van der Waals surface area contributed by atoms with Crippen molar-refractivity contribution in [2.45, 2.75) is 58.2 Å². The number of nitrogens with zero attached hydrogens (tertiary/aromatic N) is 3. The van der Waals surface area contributed by atoms with Crippen LogP contribution in [0.2, 0.25) is 0 Å². The summed E-state index contributed by atoms with van der Waals surface area (Å²) in [6, 6.07) is 2.28. The summed E-state index contributed by atoms with van der Waals surface area (Å²) in [6.45, 7) is 3.83. The molecule has 1 saturated carbocycles. The fraction of sp³-hybridized carbons (Fsp3) is 0.571. The summed E-state index contributed by atoms with van der Waals surface area (Å²) >= 11 is 0. The van der Waals surface area contributed by atoms with E-state index in [0.717, 1.165) is 38.2 Å². The van der Waals surface area contributed by atoms with Gasteiger partial charge in [-0.1, -0.05) is 32.6 Å². The van der Waals surface area contributed by atoms with Gasteiger partial charge in [-0.2, -0.15) is 13.2 Å². The number of imidazole rings is 1. The molecule has 2 aromatic heterocycles. The summed E-state index contributed by atoms with van der Waals surface area (Å²) in [5, 5.41) is 3.13. The zero-order valence-corrected chi connectivity index (χ0v) is 19.0. The first-order valence-corrected chi connectivity index (χ1v) is 12.6. The number of alkyl halides is 3. The van der Waals surface area contributed by atoms with Gasteiger partial charge in [0.25, 0.3) is 0 Å². The largest absolute Gasteiger partial charge is 0.434 e.